The quantitative estimate of drug-likeness (QED) is 0.498. The molecule has 8 nitrogen and oxygen atoms in total. The normalized spacial score (nSPS) is 17.8. The largest absolute Gasteiger partial charge is 0.374 e. The van der Waals surface area contributed by atoms with Gasteiger partial charge in [0.05, 0.1) is 4.92 Å². The van der Waals surface area contributed by atoms with Crippen molar-refractivity contribution in [1.29, 1.82) is 0 Å². The molecule has 164 valence electrons. The molecule has 1 atom stereocenters. The molecule has 0 spiro atoms. The zero-order valence-corrected chi connectivity index (χ0v) is 17.8. The molecule has 2 aromatic rings. The van der Waals surface area contributed by atoms with Crippen LogP contribution in [0.15, 0.2) is 48.5 Å². The first-order valence-corrected chi connectivity index (χ1v) is 10.9. The van der Waals surface area contributed by atoms with Crippen molar-refractivity contribution >= 4 is 28.7 Å². The summed E-state index contributed by atoms with van der Waals surface area (Å²) in [4.78, 5) is 28.2. The monoisotopic (exact) mass is 423 g/mol. The maximum Gasteiger partial charge on any atom is 0.292 e. The van der Waals surface area contributed by atoms with E-state index < -0.39 is 11.0 Å². The number of anilines is 3. The third kappa shape index (κ3) is 5.52. The molecule has 1 saturated carbocycles. The van der Waals surface area contributed by atoms with Gasteiger partial charge in [-0.3, -0.25) is 19.8 Å². The lowest BCUT2D eigenvalue weighted by molar-refractivity contribution is -0.383. The molecule has 0 radical (unpaired) electrons. The smallest absolute Gasteiger partial charge is 0.292 e. The van der Waals surface area contributed by atoms with Crippen molar-refractivity contribution in [3.05, 3.63) is 58.6 Å². The van der Waals surface area contributed by atoms with Crippen LogP contribution in [0.1, 0.15) is 19.8 Å². The minimum Gasteiger partial charge on any atom is -0.374 e. The second kappa shape index (κ2) is 9.34. The molecule has 1 aliphatic heterocycles. The van der Waals surface area contributed by atoms with E-state index in [4.69, 9.17) is 0 Å². The molecule has 4 rings (SSSR count). The molecule has 1 saturated heterocycles. The third-order valence-corrected chi connectivity index (χ3v) is 5.93. The second-order valence-electron chi connectivity index (χ2n) is 8.41. The average Bonchev–Trinajstić information content (AvgIpc) is 3.58. The van der Waals surface area contributed by atoms with Crippen LogP contribution in [-0.4, -0.2) is 54.5 Å². The number of carbonyl (C=O) groups is 1. The lowest BCUT2D eigenvalue weighted by Gasteiger charge is -2.36. The van der Waals surface area contributed by atoms with Crippen LogP contribution in [0.2, 0.25) is 0 Å². The number of carbonyl (C=O) groups excluding carboxylic acids is 1. The highest BCUT2D eigenvalue weighted by molar-refractivity contribution is 5.98. The topological polar surface area (TPSA) is 90.8 Å². The first-order chi connectivity index (χ1) is 15.0. The van der Waals surface area contributed by atoms with Crippen LogP contribution in [0.5, 0.6) is 0 Å². The minimum atomic E-state index is -0.551. The molecular formula is C23H29N5O3. The van der Waals surface area contributed by atoms with Crippen LogP contribution in [-0.2, 0) is 4.79 Å². The number of nitrogens with zero attached hydrogens (tertiary/aromatic N) is 3. The molecule has 1 heterocycles. The lowest BCUT2D eigenvalue weighted by Crippen LogP contribution is -2.47. The number of hydrogen-bond acceptors (Lipinski definition) is 6. The Morgan fingerprint density at radius 1 is 1.13 bits per heavy atom. The number of nitro groups is 1. The zero-order chi connectivity index (χ0) is 21.8. The average molecular weight is 424 g/mol. The predicted molar refractivity (Wildman–Crippen MR) is 123 cm³/mol. The fourth-order valence-corrected chi connectivity index (χ4v) is 3.94. The van der Waals surface area contributed by atoms with Gasteiger partial charge in [-0.25, -0.2) is 0 Å². The zero-order valence-electron chi connectivity index (χ0n) is 17.8. The summed E-state index contributed by atoms with van der Waals surface area (Å²) in [6.07, 6.45) is 2.77. The molecule has 2 aliphatic rings. The maximum absolute atomic E-state index is 12.6. The van der Waals surface area contributed by atoms with Crippen molar-refractivity contribution in [1.82, 2.24) is 4.90 Å². The summed E-state index contributed by atoms with van der Waals surface area (Å²) in [5.41, 5.74) is 2.07. The number of para-hydroxylation sites is 2. The molecule has 1 amide bonds. The number of amides is 1. The van der Waals surface area contributed by atoms with Gasteiger partial charge < -0.3 is 15.5 Å². The molecule has 1 unspecified atom stereocenters. The highest BCUT2D eigenvalue weighted by atomic mass is 16.6. The van der Waals surface area contributed by atoms with Gasteiger partial charge >= 0.3 is 0 Å². The highest BCUT2D eigenvalue weighted by Crippen LogP contribution is 2.30. The van der Waals surface area contributed by atoms with E-state index in [0.717, 1.165) is 43.5 Å². The van der Waals surface area contributed by atoms with Crippen molar-refractivity contribution in [3.63, 3.8) is 0 Å². The molecule has 0 aromatic heterocycles. The molecular weight excluding hydrogens is 394 g/mol. The predicted octanol–water partition coefficient (Wildman–Crippen LogP) is 3.57. The van der Waals surface area contributed by atoms with E-state index in [2.05, 4.69) is 32.6 Å². The minimum absolute atomic E-state index is 0.120. The van der Waals surface area contributed by atoms with Gasteiger partial charge in [0.25, 0.3) is 5.69 Å². The Kier molecular flexibility index (Phi) is 6.36. The number of hydrogen-bond donors (Lipinski definition) is 2. The van der Waals surface area contributed by atoms with Crippen molar-refractivity contribution in [2.24, 2.45) is 5.92 Å². The van der Waals surface area contributed by atoms with E-state index in [1.165, 1.54) is 31.5 Å². The fourth-order valence-electron chi connectivity index (χ4n) is 3.94. The SMILES string of the molecule is CC(Nc1cccc(N2CCN(CC3CC3)CC2)c1)C(=O)Nc1ccccc1[N+](=O)[O-]. The Labute approximate surface area is 182 Å². The number of nitro benzene ring substituents is 1. The van der Waals surface area contributed by atoms with Crippen LogP contribution in [0.4, 0.5) is 22.7 Å². The molecule has 31 heavy (non-hydrogen) atoms. The van der Waals surface area contributed by atoms with E-state index in [1.807, 2.05) is 12.1 Å². The summed E-state index contributed by atoms with van der Waals surface area (Å²) in [7, 11) is 0. The van der Waals surface area contributed by atoms with Gasteiger partial charge in [0, 0.05) is 50.2 Å². The van der Waals surface area contributed by atoms with Gasteiger partial charge in [-0.15, -0.1) is 0 Å². The Morgan fingerprint density at radius 2 is 1.87 bits per heavy atom. The van der Waals surface area contributed by atoms with Gasteiger partial charge in [-0.05, 0) is 49.9 Å². The molecule has 2 aromatic carbocycles. The summed E-state index contributed by atoms with van der Waals surface area (Å²) in [6.45, 7) is 7.16. The Morgan fingerprint density at radius 3 is 2.58 bits per heavy atom. The Balaban J connectivity index is 1.34. The summed E-state index contributed by atoms with van der Waals surface area (Å²) in [5, 5.41) is 17.0. The maximum atomic E-state index is 12.6. The molecule has 2 N–H and O–H groups in total. The van der Waals surface area contributed by atoms with Crippen LogP contribution in [0, 0.1) is 16.0 Å². The Bertz CT molecular complexity index is 938. The summed E-state index contributed by atoms with van der Waals surface area (Å²) < 4.78 is 0. The van der Waals surface area contributed by atoms with Crippen molar-refractivity contribution < 1.29 is 9.72 Å². The number of rotatable bonds is 8. The standard InChI is InChI=1S/C23H29N5O3/c1-17(23(29)25-21-7-2-3-8-22(21)28(30)31)24-19-5-4-6-20(15-19)27-13-11-26(12-14-27)16-18-9-10-18/h2-8,15,17-18,24H,9-14,16H2,1H3,(H,25,29). The number of nitrogens with one attached hydrogen (secondary N) is 2. The second-order valence-corrected chi connectivity index (χ2v) is 8.41. The van der Waals surface area contributed by atoms with Gasteiger partial charge in [0.15, 0.2) is 0 Å². The first kappa shape index (κ1) is 21.1. The van der Waals surface area contributed by atoms with Crippen molar-refractivity contribution in [2.75, 3.05) is 48.3 Å². The number of benzene rings is 2. The first-order valence-electron chi connectivity index (χ1n) is 10.9. The van der Waals surface area contributed by atoms with Crippen LogP contribution < -0.4 is 15.5 Å². The van der Waals surface area contributed by atoms with Crippen molar-refractivity contribution in [2.45, 2.75) is 25.8 Å². The van der Waals surface area contributed by atoms with Crippen LogP contribution in [0.3, 0.4) is 0 Å². The van der Waals surface area contributed by atoms with E-state index in [1.54, 1.807) is 19.1 Å². The molecule has 0 bridgehead atoms. The van der Waals surface area contributed by atoms with E-state index in [0.29, 0.717) is 0 Å². The highest BCUT2D eigenvalue weighted by Gasteiger charge is 2.26. The van der Waals surface area contributed by atoms with Crippen LogP contribution in [0.25, 0.3) is 0 Å². The third-order valence-electron chi connectivity index (χ3n) is 5.93. The number of piperazine rings is 1. The lowest BCUT2D eigenvalue weighted by atomic mass is 10.2. The van der Waals surface area contributed by atoms with E-state index in [9.17, 15) is 14.9 Å². The molecule has 2 fully saturated rings. The van der Waals surface area contributed by atoms with E-state index >= 15 is 0 Å². The van der Waals surface area contributed by atoms with Gasteiger partial charge in [-0.1, -0.05) is 18.2 Å². The van der Waals surface area contributed by atoms with Crippen LogP contribution >= 0.6 is 0 Å². The molecule has 1 aliphatic carbocycles. The van der Waals surface area contributed by atoms with Crippen molar-refractivity contribution in [3.8, 4) is 0 Å². The van der Waals surface area contributed by atoms with Gasteiger partial charge in [-0.2, -0.15) is 0 Å². The fraction of sp³-hybridized carbons (Fsp3) is 0.435. The summed E-state index contributed by atoms with van der Waals surface area (Å²) in [6, 6.07) is 13.7. The molecule has 8 heteroatoms. The van der Waals surface area contributed by atoms with E-state index in [-0.39, 0.29) is 17.3 Å². The Hall–Kier alpha value is -3.13. The summed E-state index contributed by atoms with van der Waals surface area (Å²) in [5.74, 6) is 0.595. The van der Waals surface area contributed by atoms with Gasteiger partial charge in [0.1, 0.15) is 11.7 Å². The summed E-state index contributed by atoms with van der Waals surface area (Å²) >= 11 is 0. The van der Waals surface area contributed by atoms with Gasteiger partial charge in [0.2, 0.25) is 5.91 Å².